The molecule has 0 spiro atoms. The molecule has 2 heterocycles. The smallest absolute Gasteiger partial charge is 0.214 e. The van der Waals surface area contributed by atoms with E-state index in [9.17, 15) is 4.79 Å². The molecule has 2 aromatic heterocycles. The molecular weight excluding hydrogens is 408 g/mol. The minimum atomic E-state index is 0.153. The second kappa shape index (κ2) is 5.80. The molecule has 100 valence electrons. The van der Waals surface area contributed by atoms with E-state index < -0.39 is 0 Å². The number of carbonyl (C=O) groups is 1. The molecule has 0 aromatic carbocycles. The van der Waals surface area contributed by atoms with Crippen molar-refractivity contribution in [2.75, 3.05) is 0 Å². The van der Waals surface area contributed by atoms with E-state index in [1.165, 1.54) is 41.0 Å². The third-order valence-electron chi connectivity index (χ3n) is 3.37. The van der Waals surface area contributed by atoms with Gasteiger partial charge in [-0.15, -0.1) is 22.7 Å². The Kier molecular flexibility index (Phi) is 4.27. The van der Waals surface area contributed by atoms with Crippen LogP contribution in [0.3, 0.4) is 0 Å². The van der Waals surface area contributed by atoms with E-state index in [2.05, 4.69) is 37.9 Å². The Morgan fingerprint density at radius 3 is 2.68 bits per heavy atom. The van der Waals surface area contributed by atoms with E-state index in [4.69, 9.17) is 0 Å². The van der Waals surface area contributed by atoms with Crippen LogP contribution in [0.15, 0.2) is 20.4 Å². The number of carbonyl (C=O) groups excluding carboxylic acids is 1. The van der Waals surface area contributed by atoms with Gasteiger partial charge in [0.25, 0.3) is 0 Å². The summed E-state index contributed by atoms with van der Waals surface area (Å²) in [6, 6.07) is 2.12. The lowest BCUT2D eigenvalue weighted by Gasteiger charge is -1.96. The van der Waals surface area contributed by atoms with Crippen molar-refractivity contribution >= 4 is 60.3 Å². The average molecular weight is 420 g/mol. The van der Waals surface area contributed by atoms with Gasteiger partial charge in [-0.1, -0.05) is 6.42 Å². The molecule has 0 amide bonds. The standard InChI is InChI=1S/C14H12Br2OS2/c15-9-7-18-14(12(9)16)13(17)11-6-8-4-2-1-3-5-10(8)19-11/h6-7H,1-5H2. The highest BCUT2D eigenvalue weighted by molar-refractivity contribution is 9.13. The van der Waals surface area contributed by atoms with E-state index in [0.29, 0.717) is 0 Å². The van der Waals surface area contributed by atoms with Gasteiger partial charge in [-0.3, -0.25) is 4.79 Å². The number of aryl methyl sites for hydroxylation is 2. The molecule has 0 bridgehead atoms. The van der Waals surface area contributed by atoms with Gasteiger partial charge in [0.1, 0.15) is 0 Å². The normalized spacial score (nSPS) is 15.1. The summed E-state index contributed by atoms with van der Waals surface area (Å²) in [5, 5.41) is 1.95. The van der Waals surface area contributed by atoms with Crippen LogP contribution in [0, 0.1) is 0 Å². The van der Waals surface area contributed by atoms with Gasteiger partial charge in [0, 0.05) is 14.7 Å². The van der Waals surface area contributed by atoms with Gasteiger partial charge >= 0.3 is 0 Å². The van der Waals surface area contributed by atoms with Crippen molar-refractivity contribution in [2.24, 2.45) is 0 Å². The maximum Gasteiger partial charge on any atom is 0.214 e. The van der Waals surface area contributed by atoms with Gasteiger partial charge in [-0.05, 0) is 69.2 Å². The zero-order valence-corrected chi connectivity index (χ0v) is 15.0. The number of ketones is 1. The molecule has 1 aliphatic carbocycles. The van der Waals surface area contributed by atoms with Crippen LogP contribution in [0.2, 0.25) is 0 Å². The summed E-state index contributed by atoms with van der Waals surface area (Å²) in [7, 11) is 0. The van der Waals surface area contributed by atoms with Gasteiger partial charge in [-0.2, -0.15) is 0 Å². The first-order valence-corrected chi connectivity index (χ1v) is 9.54. The molecule has 1 aliphatic rings. The first-order valence-electron chi connectivity index (χ1n) is 6.25. The van der Waals surface area contributed by atoms with E-state index in [0.717, 1.165) is 31.5 Å². The Hall–Kier alpha value is 0.0300. The fourth-order valence-corrected chi connectivity index (χ4v) is 5.74. The lowest BCUT2D eigenvalue weighted by molar-refractivity contribution is 0.104. The van der Waals surface area contributed by atoms with E-state index in [1.807, 2.05) is 5.38 Å². The van der Waals surface area contributed by atoms with E-state index in [-0.39, 0.29) is 5.78 Å². The number of hydrogen-bond acceptors (Lipinski definition) is 3. The monoisotopic (exact) mass is 418 g/mol. The summed E-state index contributed by atoms with van der Waals surface area (Å²) in [5.41, 5.74) is 1.40. The van der Waals surface area contributed by atoms with E-state index >= 15 is 0 Å². The zero-order chi connectivity index (χ0) is 13.4. The second-order valence-electron chi connectivity index (χ2n) is 4.68. The van der Waals surface area contributed by atoms with Crippen molar-refractivity contribution in [1.29, 1.82) is 0 Å². The predicted molar refractivity (Wildman–Crippen MR) is 88.7 cm³/mol. The Morgan fingerprint density at radius 2 is 1.95 bits per heavy atom. The summed E-state index contributed by atoms with van der Waals surface area (Å²) in [4.78, 5) is 15.7. The average Bonchev–Trinajstić information content (AvgIpc) is 2.87. The van der Waals surface area contributed by atoms with Gasteiger partial charge in [-0.25, -0.2) is 0 Å². The fourth-order valence-electron chi connectivity index (χ4n) is 2.37. The summed E-state index contributed by atoms with van der Waals surface area (Å²) in [6.07, 6.45) is 6.10. The molecular formula is C14H12Br2OS2. The third-order valence-corrected chi connectivity index (χ3v) is 8.13. The van der Waals surface area contributed by atoms with Crippen LogP contribution >= 0.6 is 54.5 Å². The summed E-state index contributed by atoms with van der Waals surface area (Å²) >= 11 is 10.1. The summed E-state index contributed by atoms with van der Waals surface area (Å²) in [5.74, 6) is 0.153. The maximum absolute atomic E-state index is 12.6. The highest BCUT2D eigenvalue weighted by Gasteiger charge is 2.21. The molecule has 1 nitrogen and oxygen atoms in total. The second-order valence-corrected chi connectivity index (χ2v) is 8.34. The molecule has 0 saturated heterocycles. The Morgan fingerprint density at radius 1 is 1.16 bits per heavy atom. The number of hydrogen-bond donors (Lipinski definition) is 0. The number of rotatable bonds is 2. The van der Waals surface area contributed by atoms with Crippen LogP contribution in [0.25, 0.3) is 0 Å². The molecule has 2 aromatic rings. The summed E-state index contributed by atoms with van der Waals surface area (Å²) in [6.45, 7) is 0. The van der Waals surface area contributed by atoms with Crippen molar-refractivity contribution in [3.8, 4) is 0 Å². The summed E-state index contributed by atoms with van der Waals surface area (Å²) < 4.78 is 1.84. The highest BCUT2D eigenvalue weighted by atomic mass is 79.9. The zero-order valence-electron chi connectivity index (χ0n) is 10.2. The lowest BCUT2D eigenvalue weighted by Crippen LogP contribution is -1.96. The van der Waals surface area contributed by atoms with Gasteiger partial charge in [0.15, 0.2) is 0 Å². The van der Waals surface area contributed by atoms with Crippen molar-refractivity contribution in [2.45, 2.75) is 32.1 Å². The molecule has 19 heavy (non-hydrogen) atoms. The largest absolute Gasteiger partial charge is 0.287 e. The highest BCUT2D eigenvalue weighted by Crippen LogP contribution is 2.36. The minimum absolute atomic E-state index is 0.153. The SMILES string of the molecule is O=C(c1cc2c(s1)CCCCC2)c1scc(Br)c1Br. The topological polar surface area (TPSA) is 17.1 Å². The van der Waals surface area contributed by atoms with Crippen molar-refractivity contribution < 1.29 is 4.79 Å². The molecule has 0 N–H and O–H groups in total. The van der Waals surface area contributed by atoms with Crippen LogP contribution in [-0.2, 0) is 12.8 Å². The molecule has 0 radical (unpaired) electrons. The van der Waals surface area contributed by atoms with Crippen molar-refractivity contribution in [3.05, 3.63) is 40.6 Å². The number of thiophene rings is 2. The fraction of sp³-hybridized carbons (Fsp3) is 0.357. The van der Waals surface area contributed by atoms with Crippen LogP contribution in [-0.4, -0.2) is 5.78 Å². The molecule has 0 fully saturated rings. The van der Waals surface area contributed by atoms with E-state index in [1.54, 1.807) is 11.3 Å². The number of halogens is 2. The molecule has 0 atom stereocenters. The molecule has 0 saturated carbocycles. The Bertz CT molecular complexity index is 604. The predicted octanol–water partition coefficient (Wildman–Crippen LogP) is 5.83. The van der Waals surface area contributed by atoms with Gasteiger partial charge in [0.2, 0.25) is 5.78 Å². The molecule has 3 rings (SSSR count). The molecule has 0 aliphatic heterocycles. The molecule has 0 unspecified atom stereocenters. The van der Waals surface area contributed by atoms with Gasteiger partial charge in [0.05, 0.1) is 14.2 Å². The first-order chi connectivity index (χ1) is 9.16. The van der Waals surface area contributed by atoms with Crippen LogP contribution in [0.5, 0.6) is 0 Å². The first kappa shape index (κ1) is 14.0. The quantitative estimate of drug-likeness (QED) is 0.441. The number of fused-ring (bicyclic) bond motifs is 1. The van der Waals surface area contributed by atoms with Crippen LogP contribution in [0.1, 0.15) is 44.3 Å². The third kappa shape index (κ3) is 2.75. The Labute approximate surface area is 137 Å². The van der Waals surface area contributed by atoms with Crippen molar-refractivity contribution in [1.82, 2.24) is 0 Å². The lowest BCUT2D eigenvalue weighted by atomic mass is 10.1. The Balaban J connectivity index is 1.94. The van der Waals surface area contributed by atoms with Gasteiger partial charge < -0.3 is 0 Å². The molecule has 5 heteroatoms. The van der Waals surface area contributed by atoms with Crippen LogP contribution in [0.4, 0.5) is 0 Å². The van der Waals surface area contributed by atoms with Crippen LogP contribution < -0.4 is 0 Å². The minimum Gasteiger partial charge on any atom is -0.287 e. The van der Waals surface area contributed by atoms with Crippen molar-refractivity contribution in [3.63, 3.8) is 0 Å². The maximum atomic E-state index is 12.6.